The number of hydrogen-bond donors (Lipinski definition) is 2. The minimum absolute atomic E-state index is 0.166. The van der Waals surface area contributed by atoms with Crippen LogP contribution in [0.1, 0.15) is 39.1 Å². The molecule has 2 rings (SSSR count). The van der Waals surface area contributed by atoms with E-state index < -0.39 is 5.97 Å². The second kappa shape index (κ2) is 6.85. The van der Waals surface area contributed by atoms with Crippen LogP contribution in [0.25, 0.3) is 0 Å². The molecule has 1 saturated heterocycles. The van der Waals surface area contributed by atoms with Crippen molar-refractivity contribution in [2.45, 2.75) is 19.8 Å². The topological polar surface area (TPSA) is 69.6 Å². The van der Waals surface area contributed by atoms with Crippen LogP contribution in [0, 0.1) is 5.92 Å². The number of nitrogens with one attached hydrogen (secondary N) is 1. The van der Waals surface area contributed by atoms with Crippen LogP contribution >= 0.6 is 11.3 Å². The molecule has 20 heavy (non-hydrogen) atoms. The summed E-state index contributed by atoms with van der Waals surface area (Å²) < 4.78 is 0. The number of likely N-dealkylation sites (tertiary alicyclic amines) is 1. The molecule has 0 aliphatic carbocycles. The number of piperidine rings is 1. The highest BCUT2D eigenvalue weighted by Crippen LogP contribution is 2.18. The zero-order chi connectivity index (χ0) is 14.5. The lowest BCUT2D eigenvalue weighted by Gasteiger charge is -2.30. The molecular weight excluding hydrogens is 276 g/mol. The van der Waals surface area contributed by atoms with E-state index >= 15 is 0 Å². The summed E-state index contributed by atoms with van der Waals surface area (Å²) in [7, 11) is 0. The number of carbonyl (C=O) groups excluding carboxylic acids is 1. The number of hydrogen-bond acceptors (Lipinski definition) is 4. The lowest BCUT2D eigenvalue weighted by atomic mass is 9.97. The number of carbonyl (C=O) groups is 2. The number of amides is 1. The zero-order valence-corrected chi connectivity index (χ0v) is 12.4. The molecule has 1 amide bonds. The number of carboxylic acid groups (broad SMARTS) is 1. The van der Waals surface area contributed by atoms with Crippen LogP contribution in [0.5, 0.6) is 0 Å². The van der Waals surface area contributed by atoms with E-state index in [1.54, 1.807) is 6.07 Å². The Morgan fingerprint density at radius 3 is 2.55 bits per heavy atom. The highest BCUT2D eigenvalue weighted by molar-refractivity contribution is 7.15. The minimum Gasteiger partial charge on any atom is -0.477 e. The summed E-state index contributed by atoms with van der Waals surface area (Å²) in [6.45, 7) is 6.13. The maximum absolute atomic E-state index is 11.9. The van der Waals surface area contributed by atoms with Gasteiger partial charge in [0.05, 0.1) is 4.88 Å². The molecule has 5 nitrogen and oxygen atoms in total. The van der Waals surface area contributed by atoms with Crippen molar-refractivity contribution in [3.05, 3.63) is 21.9 Å². The predicted molar refractivity (Wildman–Crippen MR) is 78.4 cm³/mol. The first-order chi connectivity index (χ1) is 9.60. The molecule has 0 saturated carbocycles. The summed E-state index contributed by atoms with van der Waals surface area (Å²) in [5.74, 6) is -0.623. The van der Waals surface area contributed by atoms with Gasteiger partial charge in [-0.2, -0.15) is 0 Å². The summed E-state index contributed by atoms with van der Waals surface area (Å²) in [6, 6.07) is 3.05. The van der Waals surface area contributed by atoms with Crippen molar-refractivity contribution in [3.8, 4) is 0 Å². The van der Waals surface area contributed by atoms with Gasteiger partial charge >= 0.3 is 5.97 Å². The maximum atomic E-state index is 11.9. The van der Waals surface area contributed by atoms with Crippen molar-refractivity contribution in [3.63, 3.8) is 0 Å². The largest absolute Gasteiger partial charge is 0.477 e. The van der Waals surface area contributed by atoms with Crippen molar-refractivity contribution in [2.24, 2.45) is 5.92 Å². The molecule has 1 fully saturated rings. The molecule has 2 N–H and O–H groups in total. The summed E-state index contributed by atoms with van der Waals surface area (Å²) in [5, 5.41) is 11.7. The van der Waals surface area contributed by atoms with Crippen LogP contribution in [-0.4, -0.2) is 48.1 Å². The van der Waals surface area contributed by atoms with Crippen molar-refractivity contribution in [1.82, 2.24) is 10.2 Å². The maximum Gasteiger partial charge on any atom is 0.345 e. The first-order valence-electron chi connectivity index (χ1n) is 6.93. The molecule has 0 spiro atoms. The molecule has 6 heteroatoms. The van der Waals surface area contributed by atoms with Crippen LogP contribution < -0.4 is 5.32 Å². The van der Waals surface area contributed by atoms with Gasteiger partial charge in [-0.3, -0.25) is 4.79 Å². The molecule has 0 bridgehead atoms. The Kier molecular flexibility index (Phi) is 5.14. The van der Waals surface area contributed by atoms with Crippen molar-refractivity contribution < 1.29 is 14.7 Å². The molecule has 0 unspecified atom stereocenters. The molecule has 1 aliphatic heterocycles. The van der Waals surface area contributed by atoms with Crippen LogP contribution in [0.2, 0.25) is 0 Å². The average Bonchev–Trinajstić information content (AvgIpc) is 2.95. The summed E-state index contributed by atoms with van der Waals surface area (Å²) in [6.07, 6.45) is 2.22. The first kappa shape index (κ1) is 15.0. The Balaban J connectivity index is 1.79. The second-order valence-electron chi connectivity index (χ2n) is 5.06. The van der Waals surface area contributed by atoms with Gasteiger partial charge < -0.3 is 15.3 Å². The van der Waals surface area contributed by atoms with E-state index in [0.717, 1.165) is 43.8 Å². The number of carboxylic acids is 1. The monoisotopic (exact) mass is 296 g/mol. The predicted octanol–water partition coefficient (Wildman–Crippen LogP) is 1.91. The quantitative estimate of drug-likeness (QED) is 0.871. The molecular formula is C14H20N2O3S. The Labute approximate surface area is 122 Å². The van der Waals surface area contributed by atoms with E-state index in [-0.39, 0.29) is 10.8 Å². The van der Waals surface area contributed by atoms with Crippen LogP contribution in [-0.2, 0) is 0 Å². The summed E-state index contributed by atoms with van der Waals surface area (Å²) >= 11 is 1.02. The molecule has 0 radical (unpaired) electrons. The van der Waals surface area contributed by atoms with Gasteiger partial charge in [0.2, 0.25) is 0 Å². The van der Waals surface area contributed by atoms with Crippen LogP contribution in [0.4, 0.5) is 0 Å². The van der Waals surface area contributed by atoms with Crippen molar-refractivity contribution in [2.75, 3.05) is 26.2 Å². The molecule has 2 heterocycles. The Morgan fingerprint density at radius 1 is 1.35 bits per heavy atom. The van der Waals surface area contributed by atoms with Gasteiger partial charge in [-0.05, 0) is 50.5 Å². The number of aromatic carboxylic acids is 1. The second-order valence-corrected chi connectivity index (χ2v) is 6.14. The Hall–Kier alpha value is -1.40. The molecule has 0 aromatic carbocycles. The van der Waals surface area contributed by atoms with Gasteiger partial charge in [0.25, 0.3) is 5.91 Å². The molecule has 110 valence electrons. The Morgan fingerprint density at radius 2 is 2.00 bits per heavy atom. The van der Waals surface area contributed by atoms with Crippen molar-refractivity contribution in [1.29, 1.82) is 0 Å². The number of thiophene rings is 1. The fourth-order valence-electron chi connectivity index (χ4n) is 2.41. The van der Waals surface area contributed by atoms with Gasteiger partial charge in [-0.15, -0.1) is 11.3 Å². The average molecular weight is 296 g/mol. The standard InChI is InChI=1S/C14H20N2O3S/c1-2-16-7-5-10(6-8-16)9-15-13(17)11-3-4-12(20-11)14(18)19/h3-4,10H,2,5-9H2,1H3,(H,15,17)(H,18,19). The summed E-state index contributed by atoms with van der Waals surface area (Å²) in [4.78, 5) is 25.8. The molecule has 1 aromatic heterocycles. The van der Waals surface area contributed by atoms with Crippen LogP contribution in [0.15, 0.2) is 12.1 Å². The molecule has 1 aliphatic rings. The lowest BCUT2D eigenvalue weighted by Crippen LogP contribution is -2.38. The van der Waals surface area contributed by atoms with E-state index in [1.165, 1.54) is 6.07 Å². The van der Waals surface area contributed by atoms with Gasteiger partial charge in [0, 0.05) is 6.54 Å². The SMILES string of the molecule is CCN1CCC(CNC(=O)c2ccc(C(=O)O)s2)CC1. The van der Waals surface area contributed by atoms with Crippen LogP contribution in [0.3, 0.4) is 0 Å². The van der Waals surface area contributed by atoms with E-state index in [4.69, 9.17) is 5.11 Å². The smallest absolute Gasteiger partial charge is 0.345 e. The van der Waals surface area contributed by atoms with Gasteiger partial charge in [0.1, 0.15) is 4.88 Å². The third kappa shape index (κ3) is 3.80. The van der Waals surface area contributed by atoms with Crippen molar-refractivity contribution >= 4 is 23.2 Å². The summed E-state index contributed by atoms with van der Waals surface area (Å²) in [5.41, 5.74) is 0. The third-order valence-corrected chi connectivity index (χ3v) is 4.82. The Bertz CT molecular complexity index is 479. The number of nitrogens with zero attached hydrogens (tertiary/aromatic N) is 1. The fourth-order valence-corrected chi connectivity index (χ4v) is 3.17. The van der Waals surface area contributed by atoms with E-state index in [2.05, 4.69) is 17.1 Å². The van der Waals surface area contributed by atoms with E-state index in [1.807, 2.05) is 0 Å². The van der Waals surface area contributed by atoms with Gasteiger partial charge in [-0.25, -0.2) is 4.79 Å². The normalized spacial score (nSPS) is 17.1. The van der Waals surface area contributed by atoms with E-state index in [0.29, 0.717) is 17.3 Å². The minimum atomic E-state index is -0.985. The molecule has 1 aromatic rings. The van der Waals surface area contributed by atoms with Gasteiger partial charge in [0.15, 0.2) is 0 Å². The zero-order valence-electron chi connectivity index (χ0n) is 11.6. The molecule has 0 atom stereocenters. The number of rotatable bonds is 5. The fraction of sp³-hybridized carbons (Fsp3) is 0.571. The van der Waals surface area contributed by atoms with E-state index in [9.17, 15) is 9.59 Å². The highest BCUT2D eigenvalue weighted by atomic mass is 32.1. The lowest BCUT2D eigenvalue weighted by molar-refractivity contribution is 0.0702. The highest BCUT2D eigenvalue weighted by Gasteiger charge is 2.19. The van der Waals surface area contributed by atoms with Gasteiger partial charge in [-0.1, -0.05) is 6.92 Å². The third-order valence-electron chi connectivity index (χ3n) is 3.75. The first-order valence-corrected chi connectivity index (χ1v) is 7.75.